The molecule has 5 heteroatoms. The number of rotatable bonds is 6. The lowest BCUT2D eigenvalue weighted by atomic mass is 10.0. The fourth-order valence-electron chi connectivity index (χ4n) is 2.33. The van der Waals surface area contributed by atoms with E-state index in [9.17, 15) is 4.79 Å². The number of hydrogen-bond acceptors (Lipinski definition) is 4. The first-order chi connectivity index (χ1) is 9.64. The fourth-order valence-corrected chi connectivity index (χ4v) is 2.33. The van der Waals surface area contributed by atoms with E-state index in [4.69, 9.17) is 4.74 Å². The number of ether oxygens (including phenoxy) is 1. The van der Waals surface area contributed by atoms with E-state index in [1.165, 1.54) is 0 Å². The van der Waals surface area contributed by atoms with Gasteiger partial charge in [0, 0.05) is 32.1 Å². The highest BCUT2D eigenvalue weighted by Gasteiger charge is 2.30. The van der Waals surface area contributed by atoms with Crippen molar-refractivity contribution in [2.75, 3.05) is 25.0 Å². The fraction of sp³-hybridized carbons (Fsp3) is 0.600. The largest absolute Gasteiger partial charge is 0.384 e. The Bertz CT molecular complexity index is 456. The predicted molar refractivity (Wildman–Crippen MR) is 78.9 cm³/mol. The Labute approximate surface area is 120 Å². The molecule has 1 unspecified atom stereocenters. The normalized spacial score (nSPS) is 21.7. The maximum atomic E-state index is 12.3. The number of carbonyl (C=O) groups excluding carboxylic acids is 1. The van der Waals surface area contributed by atoms with Crippen LogP contribution < -0.4 is 10.6 Å². The van der Waals surface area contributed by atoms with E-state index in [1.54, 1.807) is 12.4 Å². The Morgan fingerprint density at radius 2 is 2.40 bits per heavy atom. The summed E-state index contributed by atoms with van der Waals surface area (Å²) in [6, 6.07) is 1.83. The summed E-state index contributed by atoms with van der Waals surface area (Å²) in [5.41, 5.74) is 1.19. The molecule has 20 heavy (non-hydrogen) atoms. The van der Waals surface area contributed by atoms with Crippen molar-refractivity contribution in [2.45, 2.75) is 38.7 Å². The third-order valence-electron chi connectivity index (χ3n) is 3.55. The summed E-state index contributed by atoms with van der Waals surface area (Å²) < 4.78 is 5.68. The van der Waals surface area contributed by atoms with E-state index in [2.05, 4.69) is 22.5 Å². The van der Waals surface area contributed by atoms with Crippen LogP contribution in [-0.2, 0) is 4.74 Å². The van der Waals surface area contributed by atoms with E-state index in [-0.39, 0.29) is 11.5 Å². The molecule has 0 saturated carbocycles. The van der Waals surface area contributed by atoms with Gasteiger partial charge in [-0.3, -0.25) is 9.78 Å². The zero-order chi connectivity index (χ0) is 14.4. The van der Waals surface area contributed by atoms with Crippen LogP contribution in [0.2, 0.25) is 0 Å². The van der Waals surface area contributed by atoms with Gasteiger partial charge in [0.25, 0.3) is 5.91 Å². The van der Waals surface area contributed by atoms with Gasteiger partial charge in [0.05, 0.1) is 16.9 Å². The zero-order valence-corrected chi connectivity index (χ0v) is 12.2. The van der Waals surface area contributed by atoms with Gasteiger partial charge in [-0.25, -0.2) is 0 Å². The molecule has 2 heterocycles. The average molecular weight is 277 g/mol. The second-order valence-electron chi connectivity index (χ2n) is 5.43. The highest BCUT2D eigenvalue weighted by molar-refractivity contribution is 5.99. The van der Waals surface area contributed by atoms with Gasteiger partial charge in [0.1, 0.15) is 0 Å². The summed E-state index contributed by atoms with van der Waals surface area (Å²) in [6.45, 7) is 6.29. The molecule has 1 aliphatic heterocycles. The number of hydrogen-bond donors (Lipinski definition) is 2. The van der Waals surface area contributed by atoms with E-state index in [0.717, 1.165) is 38.1 Å². The van der Waals surface area contributed by atoms with Gasteiger partial charge in [-0.2, -0.15) is 0 Å². The van der Waals surface area contributed by atoms with Crippen molar-refractivity contribution < 1.29 is 9.53 Å². The second kappa shape index (κ2) is 6.70. The van der Waals surface area contributed by atoms with Crippen LogP contribution in [0.15, 0.2) is 18.5 Å². The molecule has 0 aliphatic carbocycles. The summed E-state index contributed by atoms with van der Waals surface area (Å²) >= 11 is 0. The Kier molecular flexibility index (Phi) is 4.95. The Balaban J connectivity index is 1.98. The molecular weight excluding hydrogens is 254 g/mol. The number of amides is 1. The topological polar surface area (TPSA) is 63.2 Å². The molecule has 1 aromatic rings. The van der Waals surface area contributed by atoms with Crippen molar-refractivity contribution >= 4 is 11.6 Å². The number of carbonyl (C=O) groups is 1. The minimum absolute atomic E-state index is 0.103. The maximum absolute atomic E-state index is 12.3. The number of pyridine rings is 1. The Hall–Kier alpha value is -1.62. The van der Waals surface area contributed by atoms with Crippen molar-refractivity contribution in [1.29, 1.82) is 0 Å². The summed E-state index contributed by atoms with van der Waals surface area (Å²) in [5, 5.41) is 6.20. The van der Waals surface area contributed by atoms with Crippen molar-refractivity contribution in [3.8, 4) is 0 Å². The van der Waals surface area contributed by atoms with Crippen LogP contribution in [0.25, 0.3) is 0 Å². The molecule has 1 saturated heterocycles. The smallest absolute Gasteiger partial charge is 0.255 e. The van der Waals surface area contributed by atoms with Gasteiger partial charge >= 0.3 is 0 Å². The van der Waals surface area contributed by atoms with Crippen LogP contribution in [0, 0.1) is 0 Å². The minimum Gasteiger partial charge on any atom is -0.384 e. The molecular formula is C15H23N3O2. The van der Waals surface area contributed by atoms with Crippen LogP contribution in [0.5, 0.6) is 0 Å². The molecule has 1 fully saturated rings. The van der Waals surface area contributed by atoms with Crippen molar-refractivity contribution in [3.05, 3.63) is 24.0 Å². The maximum Gasteiger partial charge on any atom is 0.255 e. The van der Waals surface area contributed by atoms with E-state index in [1.807, 2.05) is 13.0 Å². The first-order valence-electron chi connectivity index (χ1n) is 7.25. The molecule has 0 spiro atoms. The summed E-state index contributed by atoms with van der Waals surface area (Å²) in [4.78, 5) is 16.3. The molecule has 2 N–H and O–H groups in total. The average Bonchev–Trinajstić information content (AvgIpc) is 2.90. The van der Waals surface area contributed by atoms with Crippen LogP contribution in [-0.4, -0.2) is 36.2 Å². The lowest BCUT2D eigenvalue weighted by Gasteiger charge is -2.23. The van der Waals surface area contributed by atoms with Gasteiger partial charge in [-0.15, -0.1) is 0 Å². The van der Waals surface area contributed by atoms with Gasteiger partial charge in [0.2, 0.25) is 0 Å². The predicted octanol–water partition coefficient (Wildman–Crippen LogP) is 2.20. The number of anilines is 1. The Morgan fingerprint density at radius 1 is 1.55 bits per heavy atom. The van der Waals surface area contributed by atoms with Crippen LogP contribution in [0.4, 0.5) is 5.69 Å². The van der Waals surface area contributed by atoms with Crippen LogP contribution in [0.3, 0.4) is 0 Å². The van der Waals surface area contributed by atoms with E-state index < -0.39 is 0 Å². The zero-order valence-electron chi connectivity index (χ0n) is 12.2. The molecule has 1 amide bonds. The molecule has 1 atom stereocenters. The summed E-state index contributed by atoms with van der Waals surface area (Å²) in [7, 11) is 0. The molecule has 1 aromatic heterocycles. The molecule has 1 aliphatic rings. The Morgan fingerprint density at radius 3 is 3.10 bits per heavy atom. The number of nitrogens with zero attached hydrogens (tertiary/aromatic N) is 1. The lowest BCUT2D eigenvalue weighted by molar-refractivity contribution is 0.0206. The summed E-state index contributed by atoms with van der Waals surface area (Å²) in [5.74, 6) is -0.103. The quantitative estimate of drug-likeness (QED) is 0.836. The van der Waals surface area contributed by atoms with Crippen LogP contribution >= 0.6 is 0 Å². The third kappa shape index (κ3) is 3.70. The lowest BCUT2D eigenvalue weighted by Crippen LogP contribution is -2.40. The molecule has 5 nitrogen and oxygen atoms in total. The first kappa shape index (κ1) is 14.8. The number of nitrogens with one attached hydrogen (secondary N) is 2. The molecule has 0 bridgehead atoms. The first-order valence-corrected chi connectivity index (χ1v) is 7.25. The third-order valence-corrected chi connectivity index (χ3v) is 3.55. The monoisotopic (exact) mass is 277 g/mol. The van der Waals surface area contributed by atoms with E-state index >= 15 is 0 Å². The van der Waals surface area contributed by atoms with Gasteiger partial charge in [-0.05, 0) is 32.3 Å². The molecule has 2 rings (SSSR count). The molecule has 0 radical (unpaired) electrons. The SMILES string of the molecule is CCCNc1ccncc1C(=O)NCC1(C)CCCO1. The van der Waals surface area contributed by atoms with Crippen LogP contribution in [0.1, 0.15) is 43.5 Å². The minimum atomic E-state index is -0.227. The molecule has 110 valence electrons. The van der Waals surface area contributed by atoms with Crippen molar-refractivity contribution in [2.24, 2.45) is 0 Å². The van der Waals surface area contributed by atoms with Gasteiger partial charge in [0.15, 0.2) is 0 Å². The highest BCUT2D eigenvalue weighted by Crippen LogP contribution is 2.24. The summed E-state index contributed by atoms with van der Waals surface area (Å²) in [6.07, 6.45) is 6.35. The van der Waals surface area contributed by atoms with Crippen molar-refractivity contribution in [3.63, 3.8) is 0 Å². The highest BCUT2D eigenvalue weighted by atomic mass is 16.5. The van der Waals surface area contributed by atoms with Crippen molar-refractivity contribution in [1.82, 2.24) is 10.3 Å². The standard InChI is InChI=1S/C15H23N3O2/c1-3-7-17-13-5-8-16-10-12(13)14(19)18-11-15(2)6-4-9-20-15/h5,8,10H,3-4,6-7,9,11H2,1-2H3,(H,16,17)(H,18,19). The van der Waals surface area contributed by atoms with E-state index in [0.29, 0.717) is 12.1 Å². The van der Waals surface area contributed by atoms with Gasteiger partial charge in [-0.1, -0.05) is 6.92 Å². The second-order valence-corrected chi connectivity index (χ2v) is 5.43. The molecule has 0 aromatic carbocycles. The number of aromatic nitrogens is 1. The van der Waals surface area contributed by atoms with Gasteiger partial charge < -0.3 is 15.4 Å².